The lowest BCUT2D eigenvalue weighted by Gasteiger charge is -2.12. The number of carboxylic acid groups (broad SMARTS) is 1. The molecule has 0 spiro atoms. The van der Waals surface area contributed by atoms with Crippen molar-refractivity contribution in [1.82, 2.24) is 4.98 Å². The second kappa shape index (κ2) is 7.03. The van der Waals surface area contributed by atoms with E-state index in [1.165, 1.54) is 12.3 Å². The highest BCUT2D eigenvalue weighted by molar-refractivity contribution is 9.10. The summed E-state index contributed by atoms with van der Waals surface area (Å²) in [7, 11) is 0. The average Bonchev–Trinajstić information content (AvgIpc) is 2.34. The van der Waals surface area contributed by atoms with Gasteiger partial charge in [-0.1, -0.05) is 6.92 Å². The molecule has 1 unspecified atom stereocenters. The fourth-order valence-corrected chi connectivity index (χ4v) is 1.77. The molecular formula is C11H14BrN3O4. The van der Waals surface area contributed by atoms with E-state index < -0.39 is 10.9 Å². The Morgan fingerprint density at radius 1 is 1.68 bits per heavy atom. The summed E-state index contributed by atoms with van der Waals surface area (Å²) in [6.07, 6.45) is 2.06. The van der Waals surface area contributed by atoms with Gasteiger partial charge in [0, 0.05) is 29.7 Å². The molecule has 0 aliphatic carbocycles. The van der Waals surface area contributed by atoms with Crippen LogP contribution in [0.4, 0.5) is 11.5 Å². The quantitative estimate of drug-likeness (QED) is 0.587. The van der Waals surface area contributed by atoms with Gasteiger partial charge >= 0.3 is 11.7 Å². The van der Waals surface area contributed by atoms with Crippen LogP contribution in [0.3, 0.4) is 0 Å². The zero-order chi connectivity index (χ0) is 14.4. The number of pyridine rings is 1. The van der Waals surface area contributed by atoms with E-state index in [0.717, 1.165) is 0 Å². The van der Waals surface area contributed by atoms with Crippen LogP contribution in [0.25, 0.3) is 0 Å². The van der Waals surface area contributed by atoms with Crippen molar-refractivity contribution in [3.05, 3.63) is 26.9 Å². The Bertz CT molecular complexity index is 481. The fraction of sp³-hybridized carbons (Fsp3) is 0.455. The van der Waals surface area contributed by atoms with E-state index in [1.807, 2.05) is 6.92 Å². The minimum absolute atomic E-state index is 0.0820. The first-order chi connectivity index (χ1) is 8.90. The van der Waals surface area contributed by atoms with Crippen molar-refractivity contribution in [3.8, 4) is 0 Å². The molecule has 104 valence electrons. The van der Waals surface area contributed by atoms with Crippen molar-refractivity contribution in [1.29, 1.82) is 0 Å². The molecular weight excluding hydrogens is 318 g/mol. The number of nitrogens with one attached hydrogen (secondary N) is 1. The number of halogens is 1. The maximum absolute atomic E-state index is 10.9. The van der Waals surface area contributed by atoms with E-state index in [-0.39, 0.29) is 23.8 Å². The molecule has 19 heavy (non-hydrogen) atoms. The molecule has 2 N–H and O–H groups in total. The second-order valence-electron chi connectivity index (χ2n) is 4.20. The summed E-state index contributed by atoms with van der Waals surface area (Å²) < 4.78 is 0.531. The predicted molar refractivity (Wildman–Crippen MR) is 73.1 cm³/mol. The maximum Gasteiger partial charge on any atom is 0.312 e. The normalized spacial score (nSPS) is 11.9. The topological polar surface area (TPSA) is 105 Å². The fourth-order valence-electron chi connectivity index (χ4n) is 1.45. The van der Waals surface area contributed by atoms with Gasteiger partial charge in [-0.05, 0) is 28.3 Å². The Kier molecular flexibility index (Phi) is 5.68. The Morgan fingerprint density at radius 3 is 2.95 bits per heavy atom. The van der Waals surface area contributed by atoms with Crippen LogP contribution in [-0.2, 0) is 4.79 Å². The highest BCUT2D eigenvalue weighted by Crippen LogP contribution is 2.25. The molecule has 0 bridgehead atoms. The highest BCUT2D eigenvalue weighted by atomic mass is 79.9. The van der Waals surface area contributed by atoms with E-state index >= 15 is 0 Å². The molecule has 0 fully saturated rings. The number of carbonyl (C=O) groups is 1. The molecule has 1 rings (SSSR count). The molecule has 0 aliphatic rings. The number of hydrogen-bond acceptors (Lipinski definition) is 5. The first-order valence-electron chi connectivity index (χ1n) is 5.65. The van der Waals surface area contributed by atoms with E-state index in [0.29, 0.717) is 17.4 Å². The lowest BCUT2D eigenvalue weighted by atomic mass is 10.1. The van der Waals surface area contributed by atoms with Crippen LogP contribution in [0.5, 0.6) is 0 Å². The zero-order valence-corrected chi connectivity index (χ0v) is 11.9. The average molecular weight is 332 g/mol. The van der Waals surface area contributed by atoms with Crippen LogP contribution in [0.2, 0.25) is 0 Å². The summed E-state index contributed by atoms with van der Waals surface area (Å²) in [5, 5.41) is 22.3. The van der Waals surface area contributed by atoms with E-state index in [2.05, 4.69) is 26.2 Å². The number of rotatable bonds is 7. The second-order valence-corrected chi connectivity index (χ2v) is 5.11. The van der Waals surface area contributed by atoms with Gasteiger partial charge < -0.3 is 10.4 Å². The molecule has 8 heteroatoms. The van der Waals surface area contributed by atoms with Crippen molar-refractivity contribution in [2.75, 3.05) is 11.9 Å². The summed E-state index contributed by atoms with van der Waals surface area (Å²) >= 11 is 3.13. The number of nitro groups is 1. The van der Waals surface area contributed by atoms with Gasteiger partial charge in [-0.2, -0.15) is 0 Å². The number of nitrogens with zero attached hydrogens (tertiary/aromatic N) is 2. The van der Waals surface area contributed by atoms with Gasteiger partial charge in [-0.15, -0.1) is 0 Å². The van der Waals surface area contributed by atoms with Crippen molar-refractivity contribution in [2.24, 2.45) is 5.92 Å². The lowest BCUT2D eigenvalue weighted by molar-refractivity contribution is -0.384. The summed E-state index contributed by atoms with van der Waals surface area (Å²) in [4.78, 5) is 24.7. The third kappa shape index (κ3) is 5.21. The Balaban J connectivity index is 2.62. The monoisotopic (exact) mass is 331 g/mol. The zero-order valence-electron chi connectivity index (χ0n) is 10.3. The molecule has 1 aromatic heterocycles. The van der Waals surface area contributed by atoms with Crippen LogP contribution in [0.15, 0.2) is 16.7 Å². The molecule has 0 aliphatic heterocycles. The van der Waals surface area contributed by atoms with Crippen LogP contribution < -0.4 is 5.32 Å². The van der Waals surface area contributed by atoms with Gasteiger partial charge in [-0.25, -0.2) is 4.98 Å². The number of aliphatic carboxylic acids is 1. The first kappa shape index (κ1) is 15.4. The van der Waals surface area contributed by atoms with Gasteiger partial charge in [0.25, 0.3) is 0 Å². The van der Waals surface area contributed by atoms with E-state index in [9.17, 15) is 14.9 Å². The number of anilines is 1. The standard InChI is InChI=1S/C11H14BrN3O4/c1-7(2-3-10(16)17)5-13-11-9(15(18)19)4-8(12)6-14-11/h4,6-7H,2-3,5H2,1H3,(H,13,14)(H,16,17). The molecule has 0 aromatic carbocycles. The number of hydrogen-bond donors (Lipinski definition) is 2. The Labute approximate surface area is 118 Å². The first-order valence-corrected chi connectivity index (χ1v) is 6.45. The Hall–Kier alpha value is -1.70. The minimum atomic E-state index is -0.848. The molecule has 1 atom stereocenters. The summed E-state index contributed by atoms with van der Waals surface area (Å²) in [5.41, 5.74) is -0.111. The molecule has 0 saturated carbocycles. The van der Waals surface area contributed by atoms with E-state index in [4.69, 9.17) is 5.11 Å². The summed E-state index contributed by atoms with van der Waals surface area (Å²) in [6, 6.07) is 1.37. The van der Waals surface area contributed by atoms with Crippen LogP contribution in [0.1, 0.15) is 19.8 Å². The maximum atomic E-state index is 10.9. The van der Waals surface area contributed by atoms with Crippen molar-refractivity contribution in [2.45, 2.75) is 19.8 Å². The predicted octanol–water partition coefficient (Wildman–Crippen LogP) is 2.67. The molecule has 1 aromatic rings. The number of aromatic nitrogens is 1. The molecule has 0 saturated heterocycles. The molecule has 1 heterocycles. The van der Waals surface area contributed by atoms with Crippen molar-refractivity contribution in [3.63, 3.8) is 0 Å². The van der Waals surface area contributed by atoms with E-state index in [1.54, 1.807) is 0 Å². The van der Waals surface area contributed by atoms with Gasteiger partial charge in [-0.3, -0.25) is 14.9 Å². The summed E-state index contributed by atoms with van der Waals surface area (Å²) in [6.45, 7) is 2.31. The van der Waals surface area contributed by atoms with Crippen LogP contribution >= 0.6 is 15.9 Å². The van der Waals surface area contributed by atoms with Gasteiger partial charge in [0.2, 0.25) is 5.82 Å². The van der Waals surface area contributed by atoms with Gasteiger partial charge in [0.05, 0.1) is 4.92 Å². The van der Waals surface area contributed by atoms with Crippen molar-refractivity contribution >= 4 is 33.4 Å². The summed E-state index contributed by atoms with van der Waals surface area (Å²) in [5.74, 6) is -0.573. The largest absolute Gasteiger partial charge is 0.481 e. The van der Waals surface area contributed by atoms with Crippen molar-refractivity contribution < 1.29 is 14.8 Å². The van der Waals surface area contributed by atoms with Gasteiger partial charge in [0.1, 0.15) is 0 Å². The van der Waals surface area contributed by atoms with Crippen LogP contribution in [0, 0.1) is 16.0 Å². The molecule has 0 radical (unpaired) electrons. The van der Waals surface area contributed by atoms with Crippen LogP contribution in [-0.4, -0.2) is 27.5 Å². The number of carboxylic acids is 1. The minimum Gasteiger partial charge on any atom is -0.481 e. The van der Waals surface area contributed by atoms with Gasteiger partial charge in [0.15, 0.2) is 0 Å². The molecule has 0 amide bonds. The third-order valence-corrected chi connectivity index (χ3v) is 2.93. The molecule has 7 nitrogen and oxygen atoms in total. The Morgan fingerprint density at radius 2 is 2.37 bits per heavy atom. The highest BCUT2D eigenvalue weighted by Gasteiger charge is 2.16. The third-order valence-electron chi connectivity index (χ3n) is 2.50. The lowest BCUT2D eigenvalue weighted by Crippen LogP contribution is -2.14. The smallest absolute Gasteiger partial charge is 0.312 e. The SMILES string of the molecule is CC(CCC(=O)O)CNc1ncc(Br)cc1[N+](=O)[O-].